The molecule has 1 aromatic carbocycles. The van der Waals surface area contributed by atoms with Crippen LogP contribution >= 0.6 is 0 Å². The molecule has 3 aromatic rings. The standard InChI is InChI=1S/C46H69N7O10/c1-43(2,3)61-40(56)49-33(39(54)55)21-24-51(22-16-23-52(42(58)63-45(7,8)9)25-19-30-17-14-13-15-18-30)28-31-27-34(36-35(31)59-46(10,11)60-36)53-26-20-32-37(47-29-48-38(32)53)50(12)41(57)62-44(4,5)6/h13-15,17-18,20,26,29,31,33-36H,16,19,21-25,27-28H2,1-12H3,(H,49,56)(H,54,55)/t31-,33+,34-,35-,36+/m1/s1. The maximum Gasteiger partial charge on any atom is 0.415 e. The van der Waals surface area contributed by atoms with Crippen LogP contribution in [0.2, 0.25) is 0 Å². The van der Waals surface area contributed by atoms with Crippen LogP contribution in [0.1, 0.15) is 107 Å². The summed E-state index contributed by atoms with van der Waals surface area (Å²) in [4.78, 5) is 66.2. The number of anilines is 1. The van der Waals surface area contributed by atoms with Gasteiger partial charge in [0.15, 0.2) is 11.6 Å². The number of fused-ring (bicyclic) bond motifs is 2. The van der Waals surface area contributed by atoms with Gasteiger partial charge in [0.05, 0.1) is 17.5 Å². The third-order valence-electron chi connectivity index (χ3n) is 10.7. The van der Waals surface area contributed by atoms with Crippen LogP contribution in [-0.4, -0.2) is 134 Å². The summed E-state index contributed by atoms with van der Waals surface area (Å²) < 4.78 is 32.1. The van der Waals surface area contributed by atoms with Gasteiger partial charge in [-0.05, 0) is 120 Å². The molecule has 2 aliphatic rings. The van der Waals surface area contributed by atoms with Crippen molar-refractivity contribution in [2.24, 2.45) is 5.92 Å². The molecule has 17 nitrogen and oxygen atoms in total. The number of rotatable bonds is 16. The fourth-order valence-electron chi connectivity index (χ4n) is 8.08. The summed E-state index contributed by atoms with van der Waals surface area (Å²) in [6, 6.07) is 10.4. The van der Waals surface area contributed by atoms with Gasteiger partial charge in [-0.2, -0.15) is 0 Å². The molecule has 2 N–H and O–H groups in total. The van der Waals surface area contributed by atoms with Gasteiger partial charge in [-0.3, -0.25) is 4.90 Å². The van der Waals surface area contributed by atoms with E-state index in [1.807, 2.05) is 77.2 Å². The number of benzene rings is 1. The van der Waals surface area contributed by atoms with E-state index in [4.69, 9.17) is 23.7 Å². The van der Waals surface area contributed by atoms with E-state index in [2.05, 4.69) is 24.8 Å². The molecule has 0 unspecified atom stereocenters. The van der Waals surface area contributed by atoms with E-state index in [0.717, 1.165) is 5.56 Å². The number of ether oxygens (including phenoxy) is 5. The lowest BCUT2D eigenvalue weighted by molar-refractivity contribution is -0.161. The number of nitrogens with one attached hydrogen (secondary N) is 1. The zero-order valence-electron chi connectivity index (χ0n) is 39.2. The van der Waals surface area contributed by atoms with Gasteiger partial charge in [0.25, 0.3) is 0 Å². The fourth-order valence-corrected chi connectivity index (χ4v) is 8.08. The van der Waals surface area contributed by atoms with Gasteiger partial charge in [-0.1, -0.05) is 30.3 Å². The summed E-state index contributed by atoms with van der Waals surface area (Å²) >= 11 is 0. The second kappa shape index (κ2) is 19.8. The summed E-state index contributed by atoms with van der Waals surface area (Å²) in [5.41, 5.74) is -0.453. The van der Waals surface area contributed by atoms with Crippen LogP contribution in [0.5, 0.6) is 0 Å². The number of hydrogen-bond donors (Lipinski definition) is 2. The first-order valence-electron chi connectivity index (χ1n) is 21.9. The molecule has 348 valence electrons. The molecular formula is C46H69N7O10. The van der Waals surface area contributed by atoms with Gasteiger partial charge < -0.3 is 48.5 Å². The maximum atomic E-state index is 13.5. The average molecular weight is 880 g/mol. The average Bonchev–Trinajstić information content (AvgIpc) is 3.82. The highest BCUT2D eigenvalue weighted by atomic mass is 16.8. The smallest absolute Gasteiger partial charge is 0.415 e. The van der Waals surface area contributed by atoms with E-state index in [1.54, 1.807) is 53.5 Å². The molecule has 5 rings (SSSR count). The number of carboxylic acids is 1. The number of carboxylic acid groups (broad SMARTS) is 1. The van der Waals surface area contributed by atoms with Crippen LogP contribution in [0.25, 0.3) is 11.0 Å². The van der Waals surface area contributed by atoms with Crippen LogP contribution in [0.4, 0.5) is 20.2 Å². The fraction of sp³-hybridized carbons (Fsp3) is 0.652. The molecule has 63 heavy (non-hydrogen) atoms. The lowest BCUT2D eigenvalue weighted by Gasteiger charge is -2.31. The lowest BCUT2D eigenvalue weighted by Crippen LogP contribution is -2.46. The molecular weight excluding hydrogens is 811 g/mol. The van der Waals surface area contributed by atoms with E-state index in [1.165, 1.54) is 11.2 Å². The van der Waals surface area contributed by atoms with Gasteiger partial charge in [-0.15, -0.1) is 0 Å². The van der Waals surface area contributed by atoms with E-state index in [-0.39, 0.29) is 30.6 Å². The number of hydrogen-bond acceptors (Lipinski definition) is 12. The van der Waals surface area contributed by atoms with Crippen molar-refractivity contribution in [2.45, 2.75) is 149 Å². The Morgan fingerprint density at radius 2 is 1.49 bits per heavy atom. The topological polar surface area (TPSA) is 187 Å². The van der Waals surface area contributed by atoms with Crippen molar-refractivity contribution < 1.29 is 48.0 Å². The number of alkyl carbamates (subject to hydrolysis) is 1. The number of aliphatic carboxylic acids is 1. The molecule has 1 aliphatic carbocycles. The number of aromatic nitrogens is 3. The zero-order valence-corrected chi connectivity index (χ0v) is 39.2. The summed E-state index contributed by atoms with van der Waals surface area (Å²) in [6.07, 6.45) is 2.87. The van der Waals surface area contributed by atoms with Crippen molar-refractivity contribution in [3.63, 3.8) is 0 Å². The molecule has 0 spiro atoms. The zero-order chi connectivity index (χ0) is 46.5. The number of amides is 3. The normalized spacial score (nSPS) is 20.3. The molecule has 1 saturated carbocycles. The van der Waals surface area contributed by atoms with Gasteiger partial charge in [0, 0.05) is 45.3 Å². The van der Waals surface area contributed by atoms with Crippen molar-refractivity contribution in [3.8, 4) is 0 Å². The third-order valence-corrected chi connectivity index (χ3v) is 10.7. The minimum Gasteiger partial charge on any atom is -0.480 e. The van der Waals surface area contributed by atoms with Crippen molar-refractivity contribution in [2.75, 3.05) is 44.7 Å². The molecule has 17 heteroatoms. The highest BCUT2D eigenvalue weighted by Gasteiger charge is 2.55. The summed E-state index contributed by atoms with van der Waals surface area (Å²) in [6.45, 7) is 22.1. The predicted molar refractivity (Wildman–Crippen MR) is 238 cm³/mol. The molecule has 2 fully saturated rings. The van der Waals surface area contributed by atoms with Gasteiger partial charge in [0.1, 0.15) is 40.9 Å². The van der Waals surface area contributed by atoms with Crippen LogP contribution in [-0.2, 0) is 34.9 Å². The van der Waals surface area contributed by atoms with E-state index in [9.17, 15) is 24.3 Å². The number of carbonyl (C=O) groups is 4. The Bertz CT molecular complexity index is 2040. The van der Waals surface area contributed by atoms with Crippen LogP contribution in [0.15, 0.2) is 48.9 Å². The van der Waals surface area contributed by atoms with E-state index >= 15 is 0 Å². The third kappa shape index (κ3) is 14.0. The van der Waals surface area contributed by atoms with E-state index < -0.39 is 52.9 Å². The first-order chi connectivity index (χ1) is 29.3. The molecule has 5 atom stereocenters. The Hall–Kier alpha value is -5.00. The van der Waals surface area contributed by atoms with Crippen molar-refractivity contribution in [1.82, 2.24) is 29.7 Å². The van der Waals surface area contributed by atoms with Crippen LogP contribution < -0.4 is 10.2 Å². The first kappa shape index (κ1) is 49.0. The maximum absolute atomic E-state index is 13.5. The van der Waals surface area contributed by atoms with E-state index in [0.29, 0.717) is 68.8 Å². The Kier molecular flexibility index (Phi) is 15.4. The van der Waals surface area contributed by atoms with Crippen LogP contribution in [0.3, 0.4) is 0 Å². The first-order valence-corrected chi connectivity index (χ1v) is 21.9. The molecule has 0 radical (unpaired) electrons. The van der Waals surface area contributed by atoms with Gasteiger partial charge >= 0.3 is 24.2 Å². The minimum absolute atomic E-state index is 0.0768. The highest BCUT2D eigenvalue weighted by molar-refractivity contribution is 5.97. The second-order valence-electron chi connectivity index (χ2n) is 20.0. The molecule has 3 heterocycles. The Balaban J connectivity index is 1.40. The van der Waals surface area contributed by atoms with Crippen molar-refractivity contribution in [1.29, 1.82) is 0 Å². The molecule has 1 aliphatic heterocycles. The summed E-state index contributed by atoms with van der Waals surface area (Å²) in [5.74, 6) is -1.72. The molecule has 3 amide bonds. The molecule has 1 saturated heterocycles. The van der Waals surface area contributed by atoms with Crippen LogP contribution in [0, 0.1) is 5.92 Å². The quantitative estimate of drug-likeness (QED) is 0.136. The van der Waals surface area contributed by atoms with Gasteiger partial charge in [-0.25, -0.2) is 29.1 Å². The Morgan fingerprint density at radius 1 is 0.857 bits per heavy atom. The second-order valence-corrected chi connectivity index (χ2v) is 20.0. The number of nitrogens with zero attached hydrogens (tertiary/aromatic N) is 6. The molecule has 2 aromatic heterocycles. The summed E-state index contributed by atoms with van der Waals surface area (Å²) in [5, 5.41) is 13.4. The monoisotopic (exact) mass is 880 g/mol. The number of carbonyl (C=O) groups excluding carboxylic acids is 3. The van der Waals surface area contributed by atoms with Crippen molar-refractivity contribution in [3.05, 3.63) is 54.5 Å². The molecule has 0 bridgehead atoms. The Labute approximate surface area is 371 Å². The highest BCUT2D eigenvalue weighted by Crippen LogP contribution is 2.48. The summed E-state index contributed by atoms with van der Waals surface area (Å²) in [7, 11) is 1.62. The largest absolute Gasteiger partial charge is 0.480 e. The Morgan fingerprint density at radius 3 is 2.13 bits per heavy atom. The minimum atomic E-state index is -1.21. The SMILES string of the molecule is CN(C(=O)OC(C)(C)C)c1ncnc2c1ccn2[C@@H]1C[C@H](CN(CCCN(CCc2ccccc2)C(=O)OC(C)(C)C)CC[C@H](NC(=O)OC(C)(C)C)C(=O)O)[C@H]2OC(C)(C)O[C@H]21. The van der Waals surface area contributed by atoms with Crippen molar-refractivity contribution >= 4 is 41.1 Å². The predicted octanol–water partition coefficient (Wildman–Crippen LogP) is 7.42. The van der Waals surface area contributed by atoms with Gasteiger partial charge in [0.2, 0.25) is 0 Å². The lowest BCUT2D eigenvalue weighted by atomic mass is 10.0.